The van der Waals surface area contributed by atoms with Crippen molar-refractivity contribution < 1.29 is 14.7 Å². The lowest BCUT2D eigenvalue weighted by Gasteiger charge is -2.14. The van der Waals surface area contributed by atoms with E-state index in [1.165, 1.54) is 11.8 Å². The highest BCUT2D eigenvalue weighted by molar-refractivity contribution is 8.26. The van der Waals surface area contributed by atoms with E-state index in [1.807, 2.05) is 67.0 Å². The second-order valence-electron chi connectivity index (χ2n) is 7.59. The number of carboxylic acid groups (broad SMARTS) is 1. The molecule has 1 aliphatic rings. The Labute approximate surface area is 196 Å². The first-order valence-corrected chi connectivity index (χ1v) is 11.4. The summed E-state index contributed by atoms with van der Waals surface area (Å²) in [5.74, 6) is -1.04. The van der Waals surface area contributed by atoms with E-state index in [9.17, 15) is 14.7 Å². The number of aromatic carboxylic acids is 1. The smallest absolute Gasteiger partial charge is 0.335 e. The Bertz CT molecular complexity index is 1250. The Kier molecular flexibility index (Phi) is 6.30. The van der Waals surface area contributed by atoms with Gasteiger partial charge in [-0.15, -0.1) is 0 Å². The first-order chi connectivity index (χ1) is 15.3. The summed E-state index contributed by atoms with van der Waals surface area (Å²) in [5, 5.41) is 9.31. The van der Waals surface area contributed by atoms with Crippen molar-refractivity contribution in [2.75, 3.05) is 6.54 Å². The molecule has 2 aromatic carbocycles. The maximum Gasteiger partial charge on any atom is 0.335 e. The fraction of sp³-hybridized carbons (Fsp3) is 0.160. The van der Waals surface area contributed by atoms with Crippen molar-refractivity contribution in [2.45, 2.75) is 20.3 Å². The minimum absolute atomic E-state index is 0.0754. The number of hydrogen-bond donors (Lipinski definition) is 1. The van der Waals surface area contributed by atoms with Gasteiger partial charge in [0, 0.05) is 23.6 Å². The maximum atomic E-state index is 13.0. The molecule has 1 aromatic heterocycles. The number of hydrogen-bond acceptors (Lipinski definition) is 4. The molecule has 0 aliphatic carbocycles. The molecule has 0 unspecified atom stereocenters. The number of amides is 1. The van der Waals surface area contributed by atoms with Crippen molar-refractivity contribution in [3.8, 4) is 5.69 Å². The number of carbonyl (C=O) groups is 2. The molecular formula is C25H22N2O3S2. The predicted octanol–water partition coefficient (Wildman–Crippen LogP) is 5.24. The fourth-order valence-electron chi connectivity index (χ4n) is 3.83. The van der Waals surface area contributed by atoms with Crippen LogP contribution in [0.3, 0.4) is 0 Å². The van der Waals surface area contributed by atoms with Crippen LogP contribution in [0.4, 0.5) is 0 Å². The van der Waals surface area contributed by atoms with E-state index in [0.29, 0.717) is 15.8 Å². The van der Waals surface area contributed by atoms with Gasteiger partial charge in [-0.25, -0.2) is 4.79 Å². The van der Waals surface area contributed by atoms with Gasteiger partial charge in [-0.2, -0.15) is 0 Å². The molecule has 0 bridgehead atoms. The molecule has 3 aromatic rings. The lowest BCUT2D eigenvalue weighted by Crippen LogP contribution is -2.30. The summed E-state index contributed by atoms with van der Waals surface area (Å²) in [6.07, 6.45) is 2.62. The molecular weight excluding hydrogens is 440 g/mol. The summed E-state index contributed by atoms with van der Waals surface area (Å²) in [6.45, 7) is 4.47. The molecule has 162 valence electrons. The van der Waals surface area contributed by atoms with Gasteiger partial charge in [-0.1, -0.05) is 60.4 Å². The van der Waals surface area contributed by atoms with Gasteiger partial charge in [0.05, 0.1) is 10.5 Å². The minimum atomic E-state index is -0.964. The largest absolute Gasteiger partial charge is 0.478 e. The highest BCUT2D eigenvalue weighted by Crippen LogP contribution is 2.34. The van der Waals surface area contributed by atoms with Gasteiger partial charge in [0.25, 0.3) is 5.91 Å². The summed E-state index contributed by atoms with van der Waals surface area (Å²) in [5.41, 5.74) is 4.96. The fourth-order valence-corrected chi connectivity index (χ4v) is 5.13. The zero-order valence-electron chi connectivity index (χ0n) is 17.7. The predicted molar refractivity (Wildman–Crippen MR) is 132 cm³/mol. The number of thiocarbonyl (C=S) groups is 1. The lowest BCUT2D eigenvalue weighted by atomic mass is 10.1. The van der Waals surface area contributed by atoms with Crippen LogP contribution in [-0.2, 0) is 11.2 Å². The average Bonchev–Trinajstić information content (AvgIpc) is 3.21. The lowest BCUT2D eigenvalue weighted by molar-refractivity contribution is -0.122. The summed E-state index contributed by atoms with van der Waals surface area (Å²) in [6, 6.07) is 18.9. The number of carbonyl (C=O) groups excluding carboxylic acids is 1. The maximum absolute atomic E-state index is 13.0. The molecule has 1 N–H and O–H groups in total. The monoisotopic (exact) mass is 462 g/mol. The van der Waals surface area contributed by atoms with Crippen LogP contribution in [-0.4, -0.2) is 37.3 Å². The van der Waals surface area contributed by atoms with E-state index in [4.69, 9.17) is 12.2 Å². The number of rotatable bonds is 6. The molecule has 2 heterocycles. The SMILES string of the molecule is Cc1cc(/C=C2/SC(=S)N(CCc3ccccc3)C2=O)c(C)n1-c1cccc(C(=O)O)c1. The second kappa shape index (κ2) is 9.14. The van der Waals surface area contributed by atoms with E-state index in [1.54, 1.807) is 23.1 Å². The molecule has 0 atom stereocenters. The topological polar surface area (TPSA) is 62.5 Å². The molecule has 0 spiro atoms. The molecule has 1 saturated heterocycles. The van der Waals surface area contributed by atoms with Crippen LogP contribution in [0.5, 0.6) is 0 Å². The van der Waals surface area contributed by atoms with Crippen LogP contribution in [0, 0.1) is 13.8 Å². The summed E-state index contributed by atoms with van der Waals surface area (Å²) in [4.78, 5) is 26.6. The van der Waals surface area contributed by atoms with Gasteiger partial charge in [-0.05, 0) is 61.7 Å². The quantitative estimate of drug-likeness (QED) is 0.401. The summed E-state index contributed by atoms with van der Waals surface area (Å²) in [7, 11) is 0. The average molecular weight is 463 g/mol. The van der Waals surface area contributed by atoms with Crippen molar-refractivity contribution in [1.29, 1.82) is 0 Å². The molecule has 1 aliphatic heterocycles. The zero-order valence-corrected chi connectivity index (χ0v) is 19.4. The van der Waals surface area contributed by atoms with Crippen molar-refractivity contribution in [1.82, 2.24) is 9.47 Å². The van der Waals surface area contributed by atoms with Gasteiger partial charge < -0.3 is 9.67 Å². The van der Waals surface area contributed by atoms with E-state index >= 15 is 0 Å². The molecule has 0 saturated carbocycles. The molecule has 1 fully saturated rings. The van der Waals surface area contributed by atoms with Gasteiger partial charge in [0.2, 0.25) is 0 Å². The Hall–Kier alpha value is -3.16. The van der Waals surface area contributed by atoms with Crippen LogP contribution in [0.1, 0.15) is 32.9 Å². The highest BCUT2D eigenvalue weighted by atomic mass is 32.2. The van der Waals surface area contributed by atoms with Gasteiger partial charge in [0.1, 0.15) is 4.32 Å². The van der Waals surface area contributed by atoms with Crippen LogP contribution >= 0.6 is 24.0 Å². The third kappa shape index (κ3) is 4.40. The third-order valence-corrected chi connectivity index (χ3v) is 6.83. The normalized spacial score (nSPS) is 15.1. The van der Waals surface area contributed by atoms with E-state index in [-0.39, 0.29) is 11.5 Å². The van der Waals surface area contributed by atoms with Gasteiger partial charge in [0.15, 0.2) is 0 Å². The Morgan fingerprint density at radius 1 is 1.09 bits per heavy atom. The minimum Gasteiger partial charge on any atom is -0.478 e. The number of aromatic nitrogens is 1. The molecule has 4 rings (SSSR count). The Morgan fingerprint density at radius 2 is 1.84 bits per heavy atom. The number of carboxylic acids is 1. The van der Waals surface area contributed by atoms with E-state index < -0.39 is 5.97 Å². The zero-order chi connectivity index (χ0) is 22.8. The molecule has 7 heteroatoms. The Morgan fingerprint density at radius 3 is 2.56 bits per heavy atom. The van der Waals surface area contributed by atoms with Gasteiger partial charge >= 0.3 is 5.97 Å². The van der Waals surface area contributed by atoms with Crippen LogP contribution in [0.15, 0.2) is 65.6 Å². The number of thioether (sulfide) groups is 1. The van der Waals surface area contributed by atoms with E-state index in [2.05, 4.69) is 0 Å². The molecule has 1 amide bonds. The van der Waals surface area contributed by atoms with Crippen LogP contribution in [0.25, 0.3) is 11.8 Å². The van der Waals surface area contributed by atoms with Crippen molar-refractivity contribution in [3.05, 3.63) is 93.6 Å². The first-order valence-electron chi connectivity index (χ1n) is 10.2. The molecule has 0 radical (unpaired) electrons. The van der Waals surface area contributed by atoms with Crippen LogP contribution in [0.2, 0.25) is 0 Å². The summed E-state index contributed by atoms with van der Waals surface area (Å²) < 4.78 is 2.56. The molecule has 32 heavy (non-hydrogen) atoms. The van der Waals surface area contributed by atoms with Crippen molar-refractivity contribution >= 4 is 46.3 Å². The Balaban J connectivity index is 1.58. The number of nitrogens with zero attached hydrogens (tertiary/aromatic N) is 2. The third-order valence-electron chi connectivity index (χ3n) is 5.45. The molecule has 5 nitrogen and oxygen atoms in total. The number of benzene rings is 2. The summed E-state index contributed by atoms with van der Waals surface area (Å²) >= 11 is 6.79. The van der Waals surface area contributed by atoms with Gasteiger partial charge in [-0.3, -0.25) is 9.69 Å². The van der Waals surface area contributed by atoms with Crippen LogP contribution < -0.4 is 0 Å². The standard InChI is InChI=1S/C25H22N2O3S2/c1-16-13-20(17(2)27(16)21-10-6-9-19(14-21)24(29)30)15-22-23(28)26(25(31)32-22)12-11-18-7-4-3-5-8-18/h3-10,13-15H,11-12H2,1-2H3,(H,29,30)/b22-15+. The number of aryl methyl sites for hydroxylation is 1. The second-order valence-corrected chi connectivity index (χ2v) is 9.26. The first kappa shape index (κ1) is 22.0. The highest BCUT2D eigenvalue weighted by Gasteiger charge is 2.32. The van der Waals surface area contributed by atoms with Crippen molar-refractivity contribution in [3.63, 3.8) is 0 Å². The van der Waals surface area contributed by atoms with Crippen molar-refractivity contribution in [2.24, 2.45) is 0 Å². The van der Waals surface area contributed by atoms with E-state index in [0.717, 1.165) is 34.6 Å².